The normalized spacial score (nSPS) is 28.2. The van der Waals surface area contributed by atoms with Crippen molar-refractivity contribution >= 4 is 28.6 Å². The molecule has 1 aliphatic heterocycles. The van der Waals surface area contributed by atoms with Crippen LogP contribution in [0.1, 0.15) is 20.3 Å². The van der Waals surface area contributed by atoms with Gasteiger partial charge in [-0.25, -0.2) is 0 Å². The zero-order valence-electron chi connectivity index (χ0n) is 6.63. The predicted molar refractivity (Wildman–Crippen MR) is 51.1 cm³/mol. The van der Waals surface area contributed by atoms with Gasteiger partial charge < -0.3 is 4.74 Å². The lowest BCUT2D eigenvalue weighted by Crippen LogP contribution is -2.13. The summed E-state index contributed by atoms with van der Waals surface area (Å²) in [6.07, 6.45) is 0.777. The van der Waals surface area contributed by atoms with Gasteiger partial charge in [0, 0.05) is 10.5 Å². The zero-order chi connectivity index (χ0) is 8.43. The van der Waals surface area contributed by atoms with Crippen molar-refractivity contribution in [3.8, 4) is 0 Å². The summed E-state index contributed by atoms with van der Waals surface area (Å²) in [5, 5.41) is 0. The van der Waals surface area contributed by atoms with Crippen LogP contribution < -0.4 is 0 Å². The molecule has 1 atom stereocenters. The van der Waals surface area contributed by atoms with E-state index in [9.17, 15) is 4.79 Å². The van der Waals surface area contributed by atoms with E-state index in [1.165, 1.54) is 0 Å². The molecule has 1 heterocycles. The first-order valence-electron chi connectivity index (χ1n) is 3.66. The summed E-state index contributed by atoms with van der Waals surface area (Å²) in [6.45, 7) is 4.09. The minimum absolute atomic E-state index is 0.0667. The largest absolute Gasteiger partial charge is 0.430 e. The molecule has 3 heteroatoms. The highest BCUT2D eigenvalue weighted by atomic mass is 127. The molecule has 0 spiro atoms. The fourth-order valence-corrected chi connectivity index (χ4v) is 1.50. The van der Waals surface area contributed by atoms with Gasteiger partial charge in [0.15, 0.2) is 0 Å². The second kappa shape index (κ2) is 3.56. The molecule has 1 fully saturated rings. The molecular formula is C8H11IO2. The highest BCUT2D eigenvalue weighted by Gasteiger charge is 2.32. The molecule has 0 aliphatic carbocycles. The Balaban J connectivity index is 2.66. The molecule has 0 aromatic heterocycles. The molecule has 11 heavy (non-hydrogen) atoms. The van der Waals surface area contributed by atoms with Crippen molar-refractivity contribution in [1.82, 2.24) is 0 Å². The van der Waals surface area contributed by atoms with E-state index in [0.29, 0.717) is 5.92 Å². The monoisotopic (exact) mass is 266 g/mol. The van der Waals surface area contributed by atoms with Crippen molar-refractivity contribution in [1.29, 1.82) is 0 Å². The Morgan fingerprint density at radius 1 is 1.73 bits per heavy atom. The minimum atomic E-state index is -0.0667. The Labute approximate surface area is 80.1 Å². The maximum atomic E-state index is 11.1. The second-order valence-electron chi connectivity index (χ2n) is 3.05. The second-order valence-corrected chi connectivity index (χ2v) is 3.67. The summed E-state index contributed by atoms with van der Waals surface area (Å²) >= 11 is 2.09. The standard InChI is InChI=1S/C8H11IO2/c1-5(2)7-3-6(4-9)11-8(7)10/h4-5,7H,3H2,1-2H3/b6-4+. The third-order valence-electron chi connectivity index (χ3n) is 1.88. The van der Waals surface area contributed by atoms with Gasteiger partial charge in [0.25, 0.3) is 0 Å². The molecule has 0 radical (unpaired) electrons. The van der Waals surface area contributed by atoms with E-state index >= 15 is 0 Å². The van der Waals surface area contributed by atoms with Gasteiger partial charge in [-0.3, -0.25) is 4.79 Å². The average Bonchev–Trinajstić information content (AvgIpc) is 2.30. The van der Waals surface area contributed by atoms with Crippen LogP contribution in [0.2, 0.25) is 0 Å². The molecule has 0 aromatic rings. The smallest absolute Gasteiger partial charge is 0.314 e. The number of hydrogen-bond acceptors (Lipinski definition) is 2. The van der Waals surface area contributed by atoms with Gasteiger partial charge in [0.05, 0.1) is 5.92 Å². The Hall–Kier alpha value is -0.0600. The van der Waals surface area contributed by atoms with Crippen molar-refractivity contribution in [3.05, 3.63) is 9.84 Å². The van der Waals surface area contributed by atoms with E-state index in [1.54, 1.807) is 0 Å². The topological polar surface area (TPSA) is 26.3 Å². The molecule has 0 amide bonds. The lowest BCUT2D eigenvalue weighted by Gasteiger charge is -2.06. The quantitative estimate of drug-likeness (QED) is 0.538. The number of allylic oxidation sites excluding steroid dienone is 1. The minimum Gasteiger partial charge on any atom is -0.430 e. The van der Waals surface area contributed by atoms with Crippen LogP contribution in [0, 0.1) is 11.8 Å². The summed E-state index contributed by atoms with van der Waals surface area (Å²) in [7, 11) is 0. The van der Waals surface area contributed by atoms with Gasteiger partial charge in [-0.1, -0.05) is 13.8 Å². The Morgan fingerprint density at radius 3 is 2.64 bits per heavy atom. The van der Waals surface area contributed by atoms with Crippen molar-refractivity contribution in [2.75, 3.05) is 0 Å². The molecule has 0 bridgehead atoms. The molecule has 1 aliphatic rings. The molecule has 2 nitrogen and oxygen atoms in total. The van der Waals surface area contributed by atoms with Gasteiger partial charge in [0.2, 0.25) is 0 Å². The number of esters is 1. The fourth-order valence-electron chi connectivity index (χ4n) is 1.12. The first kappa shape index (κ1) is 9.03. The van der Waals surface area contributed by atoms with E-state index in [0.717, 1.165) is 12.2 Å². The Bertz CT molecular complexity index is 196. The molecule has 1 saturated heterocycles. The van der Waals surface area contributed by atoms with E-state index < -0.39 is 0 Å². The van der Waals surface area contributed by atoms with Gasteiger partial charge in [-0.05, 0) is 28.5 Å². The van der Waals surface area contributed by atoms with Crippen LogP contribution in [0.5, 0.6) is 0 Å². The third kappa shape index (κ3) is 1.95. The van der Waals surface area contributed by atoms with Crippen molar-refractivity contribution in [2.45, 2.75) is 20.3 Å². The van der Waals surface area contributed by atoms with Gasteiger partial charge in [0.1, 0.15) is 5.76 Å². The maximum Gasteiger partial charge on any atom is 0.314 e. The van der Waals surface area contributed by atoms with Gasteiger partial charge >= 0.3 is 5.97 Å². The van der Waals surface area contributed by atoms with Gasteiger partial charge in [-0.15, -0.1) is 0 Å². The lowest BCUT2D eigenvalue weighted by molar-refractivity contribution is -0.140. The predicted octanol–water partition coefficient (Wildman–Crippen LogP) is 2.48. The molecule has 0 aromatic carbocycles. The Morgan fingerprint density at radius 2 is 2.36 bits per heavy atom. The number of carbonyl (C=O) groups is 1. The number of carbonyl (C=O) groups excluding carboxylic acids is 1. The molecule has 0 saturated carbocycles. The molecule has 62 valence electrons. The van der Waals surface area contributed by atoms with Crippen LogP contribution in [-0.4, -0.2) is 5.97 Å². The summed E-state index contributed by atoms with van der Waals surface area (Å²) in [5.41, 5.74) is 0. The van der Waals surface area contributed by atoms with E-state index in [1.807, 2.05) is 17.9 Å². The summed E-state index contributed by atoms with van der Waals surface area (Å²) in [5.74, 6) is 1.21. The first-order valence-corrected chi connectivity index (χ1v) is 4.90. The van der Waals surface area contributed by atoms with E-state index in [4.69, 9.17) is 4.74 Å². The van der Waals surface area contributed by atoms with Crippen LogP contribution in [0.25, 0.3) is 0 Å². The lowest BCUT2D eigenvalue weighted by atomic mass is 9.94. The fraction of sp³-hybridized carbons (Fsp3) is 0.625. The number of halogens is 1. The molecule has 0 N–H and O–H groups in total. The highest BCUT2D eigenvalue weighted by molar-refractivity contribution is 14.1. The zero-order valence-corrected chi connectivity index (χ0v) is 8.79. The van der Waals surface area contributed by atoms with Crippen LogP contribution in [0.4, 0.5) is 0 Å². The summed E-state index contributed by atoms with van der Waals surface area (Å²) in [6, 6.07) is 0. The van der Waals surface area contributed by atoms with Crippen LogP contribution in [-0.2, 0) is 9.53 Å². The molecular weight excluding hydrogens is 255 g/mol. The summed E-state index contributed by atoms with van der Waals surface area (Å²) in [4.78, 5) is 11.1. The SMILES string of the molecule is CC(C)C1C/C(=C\I)OC1=O. The number of cyclic esters (lactones) is 1. The van der Waals surface area contributed by atoms with Crippen molar-refractivity contribution in [3.63, 3.8) is 0 Å². The Kier molecular flexibility index (Phi) is 2.92. The van der Waals surface area contributed by atoms with Crippen LogP contribution in [0.3, 0.4) is 0 Å². The van der Waals surface area contributed by atoms with Crippen LogP contribution in [0.15, 0.2) is 9.84 Å². The number of hydrogen-bond donors (Lipinski definition) is 0. The van der Waals surface area contributed by atoms with Gasteiger partial charge in [-0.2, -0.15) is 0 Å². The number of rotatable bonds is 1. The van der Waals surface area contributed by atoms with E-state index in [2.05, 4.69) is 22.6 Å². The van der Waals surface area contributed by atoms with E-state index in [-0.39, 0.29) is 11.9 Å². The maximum absolute atomic E-state index is 11.1. The van der Waals surface area contributed by atoms with Crippen molar-refractivity contribution < 1.29 is 9.53 Å². The average molecular weight is 266 g/mol. The molecule has 1 unspecified atom stereocenters. The van der Waals surface area contributed by atoms with Crippen molar-refractivity contribution in [2.24, 2.45) is 11.8 Å². The first-order chi connectivity index (χ1) is 5.15. The summed E-state index contributed by atoms with van der Waals surface area (Å²) < 4.78 is 6.83. The highest BCUT2D eigenvalue weighted by Crippen LogP contribution is 2.30. The third-order valence-corrected chi connectivity index (χ3v) is 2.58. The number of ether oxygens (including phenoxy) is 1. The molecule has 1 rings (SSSR count). The van der Waals surface area contributed by atoms with Crippen LogP contribution >= 0.6 is 22.6 Å².